The Hall–Kier alpha value is -1.87. The fourth-order valence-corrected chi connectivity index (χ4v) is 1.24. The predicted octanol–water partition coefficient (Wildman–Crippen LogP) is -1.64. The van der Waals surface area contributed by atoms with E-state index in [4.69, 9.17) is 0 Å². The molecule has 0 spiro atoms. The quantitative estimate of drug-likeness (QED) is 0.622. The van der Waals surface area contributed by atoms with Crippen LogP contribution in [0, 0.1) is 0 Å². The number of rotatable bonds is 2. The van der Waals surface area contributed by atoms with Crippen molar-refractivity contribution < 1.29 is 21.9 Å². The maximum absolute atomic E-state index is 11.7. The summed E-state index contributed by atoms with van der Waals surface area (Å²) in [5, 5.41) is 0. The van der Waals surface area contributed by atoms with Gasteiger partial charge in [0.1, 0.15) is 0 Å². The monoisotopic (exact) mass is 234 g/mol. The van der Waals surface area contributed by atoms with E-state index in [1.807, 2.05) is 36.4 Å². The molecule has 0 fully saturated rings. The molecule has 3 nitrogen and oxygen atoms in total. The molecule has 0 unspecified atom stereocenters. The Morgan fingerprint density at radius 3 is 2.12 bits per heavy atom. The van der Waals surface area contributed by atoms with E-state index in [0.29, 0.717) is 5.56 Å². The zero-order valence-electron chi connectivity index (χ0n) is 8.51. The van der Waals surface area contributed by atoms with Gasteiger partial charge in [0, 0.05) is 17.7 Å². The molecule has 0 saturated carbocycles. The molecule has 1 amide bonds. The van der Waals surface area contributed by atoms with Crippen LogP contribution < -0.4 is 22.5 Å². The van der Waals surface area contributed by atoms with Gasteiger partial charge in [-0.15, -0.1) is 5.43 Å². The number of pyridine rings is 1. The highest BCUT2D eigenvalue weighted by molar-refractivity contribution is 5.98. The number of aromatic nitrogens is 1. The first kappa shape index (κ1) is 12.2. The molecule has 0 aliphatic carbocycles. The van der Waals surface area contributed by atoms with Gasteiger partial charge in [0.05, 0.1) is 0 Å². The molecule has 2 aromatic rings. The van der Waals surface area contributed by atoms with Crippen LogP contribution in [-0.2, 0) is 0 Å². The maximum atomic E-state index is 11.7. The highest BCUT2D eigenvalue weighted by Gasteiger charge is 2.08. The van der Waals surface area contributed by atoms with Crippen LogP contribution in [0.3, 0.4) is 0 Å². The Morgan fingerprint density at radius 2 is 1.50 bits per heavy atom. The molecule has 82 valence electrons. The summed E-state index contributed by atoms with van der Waals surface area (Å²) in [4.78, 5) is 11.7. The van der Waals surface area contributed by atoms with Gasteiger partial charge in [-0.1, -0.05) is 28.9 Å². The van der Waals surface area contributed by atoms with Gasteiger partial charge in [-0.05, 0) is 12.1 Å². The van der Waals surface area contributed by atoms with Crippen LogP contribution in [0.25, 0.3) is 0 Å². The van der Waals surface area contributed by atoms with Crippen LogP contribution >= 0.6 is 0 Å². The molecule has 0 saturated heterocycles. The first-order valence-electron chi connectivity index (χ1n) is 4.69. The smallest absolute Gasteiger partial charge is 0.305 e. The minimum atomic E-state index is -0.119. The minimum absolute atomic E-state index is 0. The first-order chi connectivity index (χ1) is 7.36. The van der Waals surface area contributed by atoms with Crippen molar-refractivity contribution in [1.82, 2.24) is 0 Å². The molecular formula is C12H11ClN2O. The summed E-state index contributed by atoms with van der Waals surface area (Å²) in [5.74, 6) is -0.119. The lowest BCUT2D eigenvalue weighted by Gasteiger charge is -1.98. The molecule has 0 bridgehead atoms. The fraction of sp³-hybridized carbons (Fsp3) is 0. The second-order valence-electron chi connectivity index (χ2n) is 3.09. The third-order valence-corrected chi connectivity index (χ3v) is 1.98. The van der Waals surface area contributed by atoms with Crippen molar-refractivity contribution in [3.05, 3.63) is 66.5 Å². The molecule has 1 N–H and O–H groups in total. The zero-order valence-corrected chi connectivity index (χ0v) is 9.26. The molecule has 4 heteroatoms. The number of benzene rings is 1. The summed E-state index contributed by atoms with van der Waals surface area (Å²) >= 11 is 0. The highest BCUT2D eigenvalue weighted by atomic mass is 35.5. The van der Waals surface area contributed by atoms with Gasteiger partial charge >= 0.3 is 5.91 Å². The number of hydrogen-bond acceptors (Lipinski definition) is 1. The lowest BCUT2D eigenvalue weighted by atomic mass is 10.2. The van der Waals surface area contributed by atoms with Crippen LogP contribution in [0.5, 0.6) is 0 Å². The second-order valence-corrected chi connectivity index (χ2v) is 3.09. The molecular weight excluding hydrogens is 224 g/mol. The fourth-order valence-electron chi connectivity index (χ4n) is 1.24. The second kappa shape index (κ2) is 5.88. The van der Waals surface area contributed by atoms with Crippen LogP contribution in [0.1, 0.15) is 10.4 Å². The van der Waals surface area contributed by atoms with E-state index in [9.17, 15) is 4.79 Å². The van der Waals surface area contributed by atoms with Gasteiger partial charge < -0.3 is 12.4 Å². The van der Waals surface area contributed by atoms with Gasteiger partial charge in [-0.3, -0.25) is 4.79 Å². The third kappa shape index (κ3) is 3.07. The summed E-state index contributed by atoms with van der Waals surface area (Å²) in [6, 6.07) is 14.7. The van der Waals surface area contributed by atoms with E-state index in [2.05, 4.69) is 5.43 Å². The summed E-state index contributed by atoms with van der Waals surface area (Å²) in [6.45, 7) is 0. The van der Waals surface area contributed by atoms with E-state index in [0.717, 1.165) is 0 Å². The Bertz CT molecular complexity index is 445. The van der Waals surface area contributed by atoms with E-state index in [1.165, 1.54) is 0 Å². The van der Waals surface area contributed by atoms with Crippen LogP contribution in [0.2, 0.25) is 0 Å². The number of amides is 1. The van der Waals surface area contributed by atoms with Crippen molar-refractivity contribution in [2.24, 2.45) is 0 Å². The Kier molecular flexibility index (Phi) is 4.48. The topological polar surface area (TPSA) is 33.0 Å². The number of carbonyl (C=O) groups excluding carboxylic acids is 1. The minimum Gasteiger partial charge on any atom is -1.00 e. The lowest BCUT2D eigenvalue weighted by Crippen LogP contribution is -3.00. The van der Waals surface area contributed by atoms with Gasteiger partial charge in [-0.2, -0.15) is 0 Å². The lowest BCUT2D eigenvalue weighted by molar-refractivity contribution is -0.641. The summed E-state index contributed by atoms with van der Waals surface area (Å²) in [5.41, 5.74) is 3.38. The first-order valence-corrected chi connectivity index (χ1v) is 4.69. The largest absolute Gasteiger partial charge is 1.00 e. The summed E-state index contributed by atoms with van der Waals surface area (Å²) in [7, 11) is 0. The molecule has 0 aliphatic heterocycles. The van der Waals surface area contributed by atoms with Gasteiger partial charge in [0.15, 0.2) is 12.4 Å². The Balaban J connectivity index is 0.00000128. The molecule has 0 aliphatic rings. The van der Waals surface area contributed by atoms with Crippen molar-refractivity contribution in [1.29, 1.82) is 0 Å². The average molecular weight is 235 g/mol. The molecule has 1 aromatic carbocycles. The standard InChI is InChI=1S/C12H10N2O.ClH/c15-12(11-7-3-1-4-8-11)13-14-9-5-2-6-10-14;/h1-10H;1H. The number of nitrogens with one attached hydrogen (secondary N) is 1. The third-order valence-electron chi connectivity index (χ3n) is 1.98. The van der Waals surface area contributed by atoms with E-state index >= 15 is 0 Å². The Labute approximate surface area is 100 Å². The van der Waals surface area contributed by atoms with E-state index in [-0.39, 0.29) is 18.3 Å². The van der Waals surface area contributed by atoms with Crippen LogP contribution in [-0.4, -0.2) is 5.91 Å². The average Bonchev–Trinajstić information content (AvgIpc) is 2.31. The van der Waals surface area contributed by atoms with Crippen molar-refractivity contribution in [2.75, 3.05) is 5.43 Å². The maximum Gasteiger partial charge on any atom is 0.305 e. The summed E-state index contributed by atoms with van der Waals surface area (Å²) in [6.07, 6.45) is 3.56. The van der Waals surface area contributed by atoms with Crippen molar-refractivity contribution >= 4 is 5.91 Å². The number of halogens is 1. The zero-order chi connectivity index (χ0) is 10.5. The number of nitrogens with zero attached hydrogens (tertiary/aromatic N) is 1. The molecule has 0 radical (unpaired) electrons. The number of carbonyl (C=O) groups is 1. The molecule has 1 heterocycles. The van der Waals surface area contributed by atoms with Crippen molar-refractivity contribution in [3.8, 4) is 0 Å². The SMILES string of the molecule is O=C(N[n+]1ccccc1)c1ccccc1.[Cl-]. The van der Waals surface area contributed by atoms with Crippen molar-refractivity contribution in [2.45, 2.75) is 0 Å². The molecule has 0 atom stereocenters. The molecule has 2 rings (SSSR count). The van der Waals surface area contributed by atoms with Gasteiger partial charge in [0.2, 0.25) is 0 Å². The van der Waals surface area contributed by atoms with Crippen LogP contribution in [0.15, 0.2) is 60.9 Å². The molecule has 16 heavy (non-hydrogen) atoms. The van der Waals surface area contributed by atoms with Gasteiger partial charge in [-0.25, -0.2) is 0 Å². The van der Waals surface area contributed by atoms with Gasteiger partial charge in [0.25, 0.3) is 0 Å². The highest BCUT2D eigenvalue weighted by Crippen LogP contribution is 1.97. The number of hydrogen-bond donors (Lipinski definition) is 1. The van der Waals surface area contributed by atoms with E-state index in [1.54, 1.807) is 29.2 Å². The van der Waals surface area contributed by atoms with E-state index < -0.39 is 0 Å². The van der Waals surface area contributed by atoms with Crippen LogP contribution in [0.4, 0.5) is 0 Å². The normalized spacial score (nSPS) is 9.00. The Morgan fingerprint density at radius 1 is 0.938 bits per heavy atom. The van der Waals surface area contributed by atoms with Crippen molar-refractivity contribution in [3.63, 3.8) is 0 Å². The predicted molar refractivity (Wildman–Crippen MR) is 56.8 cm³/mol. The molecule has 1 aromatic heterocycles. The summed E-state index contributed by atoms with van der Waals surface area (Å²) < 4.78 is 1.62.